The van der Waals surface area contributed by atoms with Crippen molar-refractivity contribution in [2.75, 3.05) is 6.61 Å². The van der Waals surface area contributed by atoms with E-state index in [1.807, 2.05) is 0 Å². The second-order valence-corrected chi connectivity index (χ2v) is 5.52. The van der Waals surface area contributed by atoms with Crippen molar-refractivity contribution in [3.8, 4) is 5.75 Å². The Labute approximate surface area is 153 Å². The van der Waals surface area contributed by atoms with Crippen LogP contribution in [0, 0.1) is 0 Å². The van der Waals surface area contributed by atoms with Crippen molar-refractivity contribution >= 4 is 40.9 Å². The van der Waals surface area contributed by atoms with Gasteiger partial charge in [0.25, 0.3) is 5.91 Å². The molecule has 0 saturated carbocycles. The van der Waals surface area contributed by atoms with Crippen molar-refractivity contribution < 1.29 is 19.2 Å². The van der Waals surface area contributed by atoms with Gasteiger partial charge in [-0.25, -0.2) is 4.79 Å². The second kappa shape index (κ2) is 8.36. The van der Waals surface area contributed by atoms with Crippen molar-refractivity contribution in [1.29, 1.82) is 0 Å². The molecule has 7 nitrogen and oxygen atoms in total. The summed E-state index contributed by atoms with van der Waals surface area (Å²) < 4.78 is 5.11. The first-order valence-electron chi connectivity index (χ1n) is 6.89. The number of oxime groups is 1. The SMILES string of the molecule is NC(=O)COc1ccc(/C(N)=N/OC(=O)c2cccc(Cl)c2Cl)cc1. The van der Waals surface area contributed by atoms with Gasteiger partial charge in [0.05, 0.1) is 15.6 Å². The molecule has 0 bridgehead atoms. The first-order valence-corrected chi connectivity index (χ1v) is 7.64. The van der Waals surface area contributed by atoms with Gasteiger partial charge in [0.2, 0.25) is 0 Å². The highest BCUT2D eigenvalue weighted by atomic mass is 35.5. The van der Waals surface area contributed by atoms with Crippen LogP contribution >= 0.6 is 23.2 Å². The van der Waals surface area contributed by atoms with Crippen molar-refractivity contribution in [3.05, 3.63) is 63.6 Å². The highest BCUT2D eigenvalue weighted by molar-refractivity contribution is 6.43. The number of halogens is 2. The van der Waals surface area contributed by atoms with Crippen LogP contribution in [0.4, 0.5) is 0 Å². The molecule has 25 heavy (non-hydrogen) atoms. The van der Waals surface area contributed by atoms with Gasteiger partial charge in [-0.2, -0.15) is 0 Å². The number of hydrogen-bond acceptors (Lipinski definition) is 5. The minimum atomic E-state index is -0.795. The predicted octanol–water partition coefficient (Wildman–Crippen LogP) is 2.33. The van der Waals surface area contributed by atoms with Gasteiger partial charge in [-0.05, 0) is 36.4 Å². The molecule has 0 atom stereocenters. The predicted molar refractivity (Wildman–Crippen MR) is 93.7 cm³/mol. The maximum absolute atomic E-state index is 12.0. The van der Waals surface area contributed by atoms with Gasteiger partial charge < -0.3 is 21.0 Å². The van der Waals surface area contributed by atoms with E-state index in [4.69, 9.17) is 44.2 Å². The van der Waals surface area contributed by atoms with E-state index >= 15 is 0 Å². The number of rotatable bonds is 6. The summed E-state index contributed by atoms with van der Waals surface area (Å²) in [4.78, 5) is 27.4. The molecule has 130 valence electrons. The summed E-state index contributed by atoms with van der Waals surface area (Å²) in [6, 6.07) is 10.8. The third kappa shape index (κ3) is 5.10. The summed E-state index contributed by atoms with van der Waals surface area (Å²) >= 11 is 11.8. The van der Waals surface area contributed by atoms with Gasteiger partial charge in [0, 0.05) is 5.56 Å². The molecule has 0 heterocycles. The number of hydrogen-bond donors (Lipinski definition) is 2. The van der Waals surface area contributed by atoms with Crippen molar-refractivity contribution in [3.63, 3.8) is 0 Å². The van der Waals surface area contributed by atoms with Crippen LogP contribution in [0.3, 0.4) is 0 Å². The quantitative estimate of drug-likeness (QED) is 0.344. The molecule has 0 spiro atoms. The highest BCUT2D eigenvalue weighted by Crippen LogP contribution is 2.26. The van der Waals surface area contributed by atoms with Crippen molar-refractivity contribution in [1.82, 2.24) is 0 Å². The van der Waals surface area contributed by atoms with Gasteiger partial charge in [-0.1, -0.05) is 34.4 Å². The molecule has 0 fully saturated rings. The molecule has 0 aromatic heterocycles. The van der Waals surface area contributed by atoms with E-state index in [1.54, 1.807) is 36.4 Å². The molecule has 1 amide bonds. The van der Waals surface area contributed by atoms with Gasteiger partial charge in [0.15, 0.2) is 12.4 Å². The Kier molecular flexibility index (Phi) is 6.21. The monoisotopic (exact) mass is 381 g/mol. The fourth-order valence-electron chi connectivity index (χ4n) is 1.73. The molecule has 0 radical (unpaired) electrons. The van der Waals surface area contributed by atoms with Crippen LogP contribution < -0.4 is 16.2 Å². The number of amidine groups is 1. The lowest BCUT2D eigenvalue weighted by atomic mass is 10.2. The fourth-order valence-corrected chi connectivity index (χ4v) is 2.11. The topological polar surface area (TPSA) is 117 Å². The Bertz CT molecular complexity index is 823. The lowest BCUT2D eigenvalue weighted by Crippen LogP contribution is -2.20. The Morgan fingerprint density at radius 3 is 2.36 bits per heavy atom. The number of nitrogens with two attached hydrogens (primary N) is 2. The molecule has 2 aromatic carbocycles. The zero-order valence-electron chi connectivity index (χ0n) is 12.7. The first kappa shape index (κ1) is 18.6. The van der Waals surface area contributed by atoms with Gasteiger partial charge in [-0.3, -0.25) is 4.79 Å². The lowest BCUT2D eigenvalue weighted by Gasteiger charge is -2.06. The Morgan fingerprint density at radius 2 is 1.72 bits per heavy atom. The lowest BCUT2D eigenvalue weighted by molar-refractivity contribution is -0.119. The second-order valence-electron chi connectivity index (χ2n) is 4.74. The standard InChI is InChI=1S/C16H13Cl2N3O4/c17-12-3-1-2-11(14(12)18)16(23)25-21-15(20)9-4-6-10(7-5-9)24-8-13(19)22/h1-7H,8H2,(H2,19,22)(H2,20,21). The highest BCUT2D eigenvalue weighted by Gasteiger charge is 2.14. The zero-order chi connectivity index (χ0) is 18.4. The molecule has 9 heteroatoms. The van der Waals surface area contributed by atoms with Crippen LogP contribution in [0.25, 0.3) is 0 Å². The summed E-state index contributed by atoms with van der Waals surface area (Å²) in [6.45, 7) is -0.235. The molecule has 2 rings (SSSR count). The fraction of sp³-hybridized carbons (Fsp3) is 0.0625. The normalized spacial score (nSPS) is 11.0. The number of nitrogens with zero attached hydrogens (tertiary/aromatic N) is 1. The minimum Gasteiger partial charge on any atom is -0.484 e. The van der Waals surface area contributed by atoms with Gasteiger partial charge in [0.1, 0.15) is 5.75 Å². The average Bonchev–Trinajstić information content (AvgIpc) is 2.60. The van der Waals surface area contributed by atoms with Gasteiger partial charge in [-0.15, -0.1) is 0 Å². The van der Waals surface area contributed by atoms with Crippen molar-refractivity contribution in [2.45, 2.75) is 0 Å². The van der Waals surface area contributed by atoms with Gasteiger partial charge >= 0.3 is 5.97 Å². The number of carbonyl (C=O) groups is 2. The summed E-state index contributed by atoms with van der Waals surface area (Å²) in [7, 11) is 0. The number of primary amides is 1. The van der Waals surface area contributed by atoms with Crippen LogP contribution in [0.15, 0.2) is 47.6 Å². The molecule has 0 unspecified atom stereocenters. The molecule has 0 saturated heterocycles. The third-order valence-corrected chi connectivity index (χ3v) is 3.75. The third-order valence-electron chi connectivity index (χ3n) is 2.93. The summed E-state index contributed by atoms with van der Waals surface area (Å²) in [5.41, 5.74) is 11.3. The maximum atomic E-state index is 12.0. The molecule has 0 aliphatic rings. The number of amides is 1. The van der Waals surface area contributed by atoms with Crippen LogP contribution in [0.2, 0.25) is 10.0 Å². The minimum absolute atomic E-state index is 0.0343. The number of benzene rings is 2. The Balaban J connectivity index is 2.04. The van der Waals surface area contributed by atoms with E-state index < -0.39 is 11.9 Å². The average molecular weight is 382 g/mol. The Morgan fingerprint density at radius 1 is 1.04 bits per heavy atom. The largest absolute Gasteiger partial charge is 0.484 e. The van der Waals surface area contributed by atoms with Crippen LogP contribution in [0.5, 0.6) is 5.75 Å². The summed E-state index contributed by atoms with van der Waals surface area (Å²) in [6.07, 6.45) is 0. The molecular formula is C16H13Cl2N3O4. The smallest absolute Gasteiger partial charge is 0.367 e. The molecular weight excluding hydrogens is 369 g/mol. The molecule has 2 aromatic rings. The molecule has 0 aliphatic carbocycles. The number of carbonyl (C=O) groups excluding carboxylic acids is 2. The van der Waals surface area contributed by atoms with E-state index in [-0.39, 0.29) is 28.1 Å². The van der Waals surface area contributed by atoms with Crippen LogP contribution in [-0.2, 0) is 9.63 Å². The summed E-state index contributed by atoms with van der Waals surface area (Å²) in [5, 5.41) is 3.86. The van der Waals surface area contributed by atoms with E-state index in [2.05, 4.69) is 5.16 Å². The van der Waals surface area contributed by atoms with Crippen molar-refractivity contribution in [2.24, 2.45) is 16.6 Å². The summed E-state index contributed by atoms with van der Waals surface area (Å²) in [5.74, 6) is -0.986. The van der Waals surface area contributed by atoms with Crippen LogP contribution in [-0.4, -0.2) is 24.3 Å². The Hall–Kier alpha value is -2.77. The van der Waals surface area contributed by atoms with E-state index in [0.717, 1.165) is 0 Å². The molecule has 0 aliphatic heterocycles. The molecule has 4 N–H and O–H groups in total. The zero-order valence-corrected chi connectivity index (χ0v) is 14.3. The van der Waals surface area contributed by atoms with E-state index in [0.29, 0.717) is 11.3 Å². The van der Waals surface area contributed by atoms with Crippen LogP contribution in [0.1, 0.15) is 15.9 Å². The number of ether oxygens (including phenoxy) is 1. The first-order chi connectivity index (χ1) is 11.9. The maximum Gasteiger partial charge on any atom is 0.367 e. The van der Waals surface area contributed by atoms with E-state index in [1.165, 1.54) is 6.07 Å². The van der Waals surface area contributed by atoms with E-state index in [9.17, 15) is 9.59 Å².